The molecule has 0 atom stereocenters. The zero-order chi connectivity index (χ0) is 17.8. The molecule has 2 N–H and O–H groups in total. The van der Waals surface area contributed by atoms with E-state index in [0.717, 1.165) is 12.0 Å². The first kappa shape index (κ1) is 21.1. The summed E-state index contributed by atoms with van der Waals surface area (Å²) in [6, 6.07) is 6.38. The van der Waals surface area contributed by atoms with Crippen molar-refractivity contribution in [2.45, 2.75) is 91.4 Å². The van der Waals surface area contributed by atoms with Gasteiger partial charge in [-0.05, 0) is 49.0 Å². The first-order valence-electron chi connectivity index (χ1n) is 9.78. The number of halogens is 1. The molecule has 0 spiro atoms. The van der Waals surface area contributed by atoms with Crippen LogP contribution < -0.4 is 5.73 Å². The molecular weight excluding hydrogens is 314 g/mol. The predicted molar refractivity (Wildman–Crippen MR) is 109 cm³/mol. The monoisotopic (exact) mass is 349 g/mol. The van der Waals surface area contributed by atoms with Crippen molar-refractivity contribution in [3.8, 4) is 0 Å². The summed E-state index contributed by atoms with van der Waals surface area (Å²) in [5, 5.41) is 0.458. The third-order valence-electron chi connectivity index (χ3n) is 5.00. The van der Waals surface area contributed by atoms with Crippen molar-refractivity contribution < 1.29 is 0 Å². The summed E-state index contributed by atoms with van der Waals surface area (Å²) in [5.74, 6) is 0. The maximum absolute atomic E-state index is 6.18. The highest BCUT2D eigenvalue weighted by atomic mass is 35.5. The highest BCUT2D eigenvalue weighted by Crippen LogP contribution is 2.29. The van der Waals surface area contributed by atoms with Gasteiger partial charge in [0.2, 0.25) is 0 Å². The molecule has 0 radical (unpaired) electrons. The SMILES string of the molecule is CCCCCCCCCCCCC(=C(N)Cl)c1cccc(C)c1C. The van der Waals surface area contributed by atoms with Gasteiger partial charge >= 0.3 is 0 Å². The minimum absolute atomic E-state index is 0.458. The quantitative estimate of drug-likeness (QED) is 0.307. The number of hydrogen-bond donors (Lipinski definition) is 1. The molecule has 0 unspecified atom stereocenters. The van der Waals surface area contributed by atoms with E-state index in [4.69, 9.17) is 17.3 Å². The summed E-state index contributed by atoms with van der Waals surface area (Å²) in [7, 11) is 0. The van der Waals surface area contributed by atoms with Crippen LogP contribution in [0.4, 0.5) is 0 Å². The number of benzene rings is 1. The fraction of sp³-hybridized carbons (Fsp3) is 0.636. The molecule has 0 bridgehead atoms. The summed E-state index contributed by atoms with van der Waals surface area (Å²) in [6.07, 6.45) is 14.5. The lowest BCUT2D eigenvalue weighted by atomic mass is 9.94. The van der Waals surface area contributed by atoms with Crippen molar-refractivity contribution in [2.75, 3.05) is 0 Å². The molecular formula is C22H36ClN. The van der Waals surface area contributed by atoms with Gasteiger partial charge in [-0.3, -0.25) is 0 Å². The lowest BCUT2D eigenvalue weighted by molar-refractivity contribution is 0.558. The molecule has 0 aliphatic carbocycles. The molecule has 0 saturated heterocycles. The Kier molecular flexibility index (Phi) is 10.9. The van der Waals surface area contributed by atoms with E-state index in [1.54, 1.807) is 0 Å². The molecule has 0 fully saturated rings. The van der Waals surface area contributed by atoms with Crippen molar-refractivity contribution in [3.63, 3.8) is 0 Å². The summed E-state index contributed by atoms with van der Waals surface area (Å²) in [6.45, 7) is 6.57. The second-order valence-corrected chi connectivity index (χ2v) is 7.41. The van der Waals surface area contributed by atoms with Crippen LogP contribution in [0, 0.1) is 13.8 Å². The van der Waals surface area contributed by atoms with Gasteiger partial charge in [0.1, 0.15) is 5.16 Å². The molecule has 0 heterocycles. The molecule has 1 aromatic rings. The Morgan fingerprint density at radius 1 is 0.875 bits per heavy atom. The van der Waals surface area contributed by atoms with E-state index in [-0.39, 0.29) is 0 Å². The minimum atomic E-state index is 0.458. The first-order chi connectivity index (χ1) is 11.6. The maximum Gasteiger partial charge on any atom is 0.103 e. The van der Waals surface area contributed by atoms with Gasteiger partial charge in [-0.25, -0.2) is 0 Å². The highest BCUT2D eigenvalue weighted by molar-refractivity contribution is 6.32. The lowest BCUT2D eigenvalue weighted by Crippen LogP contribution is -1.99. The Hall–Kier alpha value is -0.950. The second-order valence-electron chi connectivity index (χ2n) is 7.01. The zero-order valence-electron chi connectivity index (χ0n) is 16.0. The van der Waals surface area contributed by atoms with E-state index in [9.17, 15) is 0 Å². The number of aryl methyl sites for hydroxylation is 1. The standard InChI is InChI=1S/C22H36ClN/c1-4-5-6-7-8-9-10-11-12-13-16-21(22(23)24)20-17-14-15-18(2)19(20)3/h14-15,17H,4-13,16,24H2,1-3H3. The van der Waals surface area contributed by atoms with Crippen molar-refractivity contribution in [1.82, 2.24) is 0 Å². The number of hydrogen-bond acceptors (Lipinski definition) is 1. The Morgan fingerprint density at radius 3 is 1.96 bits per heavy atom. The molecule has 1 nitrogen and oxygen atoms in total. The molecule has 0 amide bonds. The molecule has 1 rings (SSSR count). The molecule has 0 aliphatic heterocycles. The number of allylic oxidation sites excluding steroid dienone is 1. The van der Waals surface area contributed by atoms with Crippen molar-refractivity contribution in [2.24, 2.45) is 5.73 Å². The van der Waals surface area contributed by atoms with Gasteiger partial charge in [0.15, 0.2) is 0 Å². The minimum Gasteiger partial charge on any atom is -0.389 e. The average Bonchev–Trinajstić information content (AvgIpc) is 2.55. The third kappa shape index (κ3) is 7.75. The van der Waals surface area contributed by atoms with Crippen LogP contribution in [0.3, 0.4) is 0 Å². The second kappa shape index (κ2) is 12.4. The Morgan fingerprint density at radius 2 is 1.42 bits per heavy atom. The summed E-state index contributed by atoms with van der Waals surface area (Å²) >= 11 is 6.18. The smallest absolute Gasteiger partial charge is 0.103 e. The Labute approximate surface area is 154 Å². The molecule has 0 aromatic heterocycles. The largest absolute Gasteiger partial charge is 0.389 e. The number of rotatable bonds is 12. The normalized spacial score (nSPS) is 12.3. The summed E-state index contributed by atoms with van der Waals surface area (Å²) in [4.78, 5) is 0. The van der Waals surface area contributed by atoms with E-state index in [2.05, 4.69) is 39.0 Å². The van der Waals surface area contributed by atoms with Crippen LogP contribution in [0.15, 0.2) is 23.4 Å². The summed E-state index contributed by atoms with van der Waals surface area (Å²) in [5.41, 5.74) is 10.9. The van der Waals surface area contributed by atoms with Crippen LogP contribution in [-0.2, 0) is 0 Å². The van der Waals surface area contributed by atoms with Gasteiger partial charge in [0.05, 0.1) is 0 Å². The van der Waals surface area contributed by atoms with Crippen molar-refractivity contribution in [3.05, 3.63) is 40.0 Å². The molecule has 1 aromatic carbocycles. The van der Waals surface area contributed by atoms with Gasteiger partial charge in [-0.2, -0.15) is 0 Å². The molecule has 2 heteroatoms. The zero-order valence-corrected chi connectivity index (χ0v) is 16.7. The fourth-order valence-electron chi connectivity index (χ4n) is 3.25. The van der Waals surface area contributed by atoms with Crippen LogP contribution in [0.25, 0.3) is 5.57 Å². The topological polar surface area (TPSA) is 26.0 Å². The van der Waals surface area contributed by atoms with Gasteiger partial charge in [-0.1, -0.05) is 94.5 Å². The third-order valence-corrected chi connectivity index (χ3v) is 5.23. The molecule has 24 heavy (non-hydrogen) atoms. The van der Waals surface area contributed by atoms with Crippen LogP contribution in [0.2, 0.25) is 0 Å². The number of unbranched alkanes of at least 4 members (excludes halogenated alkanes) is 9. The van der Waals surface area contributed by atoms with E-state index < -0.39 is 0 Å². The summed E-state index contributed by atoms with van der Waals surface area (Å²) < 4.78 is 0. The van der Waals surface area contributed by atoms with Crippen molar-refractivity contribution >= 4 is 17.2 Å². The molecule has 0 aliphatic rings. The Bertz CT molecular complexity index is 501. The Balaban J connectivity index is 2.29. The maximum atomic E-state index is 6.18. The van der Waals surface area contributed by atoms with Gasteiger partial charge < -0.3 is 5.73 Å². The van der Waals surface area contributed by atoms with Crippen LogP contribution in [-0.4, -0.2) is 0 Å². The fourth-order valence-corrected chi connectivity index (χ4v) is 3.45. The van der Waals surface area contributed by atoms with Crippen LogP contribution in [0.5, 0.6) is 0 Å². The lowest BCUT2D eigenvalue weighted by Gasteiger charge is -2.13. The van der Waals surface area contributed by atoms with Gasteiger partial charge in [0, 0.05) is 0 Å². The van der Waals surface area contributed by atoms with E-state index in [0.29, 0.717) is 5.16 Å². The van der Waals surface area contributed by atoms with Crippen LogP contribution in [0.1, 0.15) is 94.2 Å². The highest BCUT2D eigenvalue weighted by Gasteiger charge is 2.10. The van der Waals surface area contributed by atoms with E-state index in [1.165, 1.54) is 80.9 Å². The van der Waals surface area contributed by atoms with Crippen LogP contribution >= 0.6 is 11.6 Å². The molecule has 0 saturated carbocycles. The van der Waals surface area contributed by atoms with E-state index in [1.807, 2.05) is 0 Å². The van der Waals surface area contributed by atoms with Crippen molar-refractivity contribution in [1.29, 1.82) is 0 Å². The predicted octanol–water partition coefficient (Wildman–Crippen LogP) is 7.48. The van der Waals surface area contributed by atoms with Gasteiger partial charge in [0.25, 0.3) is 0 Å². The average molecular weight is 350 g/mol. The number of nitrogens with two attached hydrogens (primary N) is 1. The van der Waals surface area contributed by atoms with E-state index >= 15 is 0 Å². The van der Waals surface area contributed by atoms with Gasteiger partial charge in [-0.15, -0.1) is 0 Å². The first-order valence-corrected chi connectivity index (χ1v) is 10.2. The molecule has 136 valence electrons.